The molecule has 0 aliphatic carbocycles. The molecule has 2 nitrogen and oxygen atoms in total. The molecule has 1 N–H and O–H groups in total. The first-order chi connectivity index (χ1) is 5.83. The standard InChI is InChI=1S/C8H12BrNOS/c9-7-6-12-8(10-7)4-2-1-3-5-11/h6,11H,1-5H2. The monoisotopic (exact) mass is 249 g/mol. The van der Waals surface area contributed by atoms with E-state index in [0.717, 1.165) is 30.3 Å². The second-order valence-electron chi connectivity index (χ2n) is 2.60. The molecular weight excluding hydrogens is 238 g/mol. The van der Waals surface area contributed by atoms with Crippen molar-refractivity contribution in [2.75, 3.05) is 6.61 Å². The van der Waals surface area contributed by atoms with Crippen LogP contribution < -0.4 is 0 Å². The van der Waals surface area contributed by atoms with Gasteiger partial charge >= 0.3 is 0 Å². The Morgan fingerprint density at radius 1 is 1.42 bits per heavy atom. The molecule has 12 heavy (non-hydrogen) atoms. The van der Waals surface area contributed by atoms with Gasteiger partial charge in [-0.05, 0) is 35.2 Å². The van der Waals surface area contributed by atoms with Gasteiger partial charge in [-0.15, -0.1) is 11.3 Å². The highest BCUT2D eigenvalue weighted by molar-refractivity contribution is 9.10. The van der Waals surface area contributed by atoms with Crippen molar-refractivity contribution in [2.45, 2.75) is 25.7 Å². The quantitative estimate of drug-likeness (QED) is 0.815. The van der Waals surface area contributed by atoms with Crippen molar-refractivity contribution >= 4 is 27.3 Å². The van der Waals surface area contributed by atoms with E-state index in [2.05, 4.69) is 20.9 Å². The number of aliphatic hydroxyl groups is 1. The third-order valence-electron chi connectivity index (χ3n) is 1.57. The average molecular weight is 250 g/mol. The summed E-state index contributed by atoms with van der Waals surface area (Å²) in [6.07, 6.45) is 4.16. The van der Waals surface area contributed by atoms with Gasteiger partial charge in [-0.25, -0.2) is 4.98 Å². The molecule has 1 aromatic heterocycles. The second kappa shape index (κ2) is 5.67. The maximum Gasteiger partial charge on any atom is 0.117 e. The Balaban J connectivity index is 2.15. The number of nitrogens with zero attached hydrogens (tertiary/aromatic N) is 1. The van der Waals surface area contributed by atoms with Gasteiger partial charge in [-0.3, -0.25) is 0 Å². The van der Waals surface area contributed by atoms with Crippen molar-refractivity contribution in [1.29, 1.82) is 0 Å². The number of hydrogen-bond donors (Lipinski definition) is 1. The van der Waals surface area contributed by atoms with Gasteiger partial charge in [-0.2, -0.15) is 0 Å². The molecular formula is C8H12BrNOS. The van der Waals surface area contributed by atoms with Crippen molar-refractivity contribution in [3.05, 3.63) is 15.0 Å². The number of hydrogen-bond acceptors (Lipinski definition) is 3. The van der Waals surface area contributed by atoms with Crippen molar-refractivity contribution in [3.8, 4) is 0 Å². The molecule has 0 saturated carbocycles. The van der Waals surface area contributed by atoms with E-state index in [1.807, 2.05) is 5.38 Å². The van der Waals surface area contributed by atoms with Crippen molar-refractivity contribution < 1.29 is 5.11 Å². The Bertz CT molecular complexity index is 227. The number of aliphatic hydroxyl groups excluding tert-OH is 1. The number of thiazole rings is 1. The molecule has 1 heterocycles. The first kappa shape index (κ1) is 10.2. The highest BCUT2D eigenvalue weighted by Gasteiger charge is 1.98. The van der Waals surface area contributed by atoms with Gasteiger partial charge in [-0.1, -0.05) is 6.42 Å². The van der Waals surface area contributed by atoms with E-state index in [4.69, 9.17) is 5.11 Å². The van der Waals surface area contributed by atoms with E-state index < -0.39 is 0 Å². The van der Waals surface area contributed by atoms with E-state index >= 15 is 0 Å². The maximum absolute atomic E-state index is 8.55. The predicted octanol–water partition coefficient (Wildman–Crippen LogP) is 2.61. The minimum atomic E-state index is 0.307. The smallest absolute Gasteiger partial charge is 0.117 e. The van der Waals surface area contributed by atoms with Crippen LogP contribution in [-0.4, -0.2) is 16.7 Å². The van der Waals surface area contributed by atoms with Crippen LogP contribution in [0.4, 0.5) is 0 Å². The molecule has 0 spiro atoms. The SMILES string of the molecule is OCCCCCc1nc(Br)cs1. The number of aryl methyl sites for hydroxylation is 1. The first-order valence-electron chi connectivity index (χ1n) is 4.03. The molecule has 0 unspecified atom stereocenters. The summed E-state index contributed by atoms with van der Waals surface area (Å²) in [7, 11) is 0. The molecule has 0 bridgehead atoms. The molecule has 0 saturated heterocycles. The molecule has 0 aromatic carbocycles. The van der Waals surface area contributed by atoms with E-state index in [1.165, 1.54) is 5.01 Å². The molecule has 0 aliphatic rings. The minimum Gasteiger partial charge on any atom is -0.396 e. The van der Waals surface area contributed by atoms with Crippen LogP contribution in [0.3, 0.4) is 0 Å². The van der Waals surface area contributed by atoms with Crippen LogP contribution in [0.1, 0.15) is 24.3 Å². The van der Waals surface area contributed by atoms with Crippen LogP contribution >= 0.6 is 27.3 Å². The van der Waals surface area contributed by atoms with Crippen LogP contribution in [0, 0.1) is 0 Å². The Kier molecular flexibility index (Phi) is 4.80. The number of rotatable bonds is 5. The van der Waals surface area contributed by atoms with Crippen LogP contribution in [0.2, 0.25) is 0 Å². The summed E-state index contributed by atoms with van der Waals surface area (Å²) in [5, 5.41) is 11.7. The normalized spacial score (nSPS) is 10.5. The summed E-state index contributed by atoms with van der Waals surface area (Å²) < 4.78 is 0.935. The lowest BCUT2D eigenvalue weighted by atomic mass is 10.2. The van der Waals surface area contributed by atoms with Crippen LogP contribution in [0.25, 0.3) is 0 Å². The molecule has 1 rings (SSSR count). The molecule has 0 atom stereocenters. The van der Waals surface area contributed by atoms with Gasteiger partial charge in [0.15, 0.2) is 0 Å². The molecule has 4 heteroatoms. The number of aromatic nitrogens is 1. The van der Waals surface area contributed by atoms with Gasteiger partial charge < -0.3 is 5.11 Å². The lowest BCUT2D eigenvalue weighted by Gasteiger charge is -1.94. The van der Waals surface area contributed by atoms with Gasteiger partial charge in [0.2, 0.25) is 0 Å². The Morgan fingerprint density at radius 3 is 2.83 bits per heavy atom. The fourth-order valence-electron chi connectivity index (χ4n) is 0.968. The van der Waals surface area contributed by atoms with Gasteiger partial charge in [0, 0.05) is 12.0 Å². The largest absolute Gasteiger partial charge is 0.396 e. The minimum absolute atomic E-state index is 0.307. The van der Waals surface area contributed by atoms with Gasteiger partial charge in [0.05, 0.1) is 5.01 Å². The molecule has 0 aliphatic heterocycles. The molecule has 1 aromatic rings. The summed E-state index contributed by atoms with van der Waals surface area (Å²) >= 11 is 5.00. The summed E-state index contributed by atoms with van der Waals surface area (Å²) in [6, 6.07) is 0. The number of halogens is 1. The van der Waals surface area contributed by atoms with Crippen molar-refractivity contribution in [3.63, 3.8) is 0 Å². The topological polar surface area (TPSA) is 33.1 Å². The summed E-state index contributed by atoms with van der Waals surface area (Å²) in [5.74, 6) is 0. The van der Waals surface area contributed by atoms with E-state index in [1.54, 1.807) is 11.3 Å². The van der Waals surface area contributed by atoms with E-state index in [0.29, 0.717) is 6.61 Å². The fourth-order valence-corrected chi connectivity index (χ4v) is 2.28. The third-order valence-corrected chi connectivity index (χ3v) is 3.19. The second-order valence-corrected chi connectivity index (χ2v) is 4.35. The highest BCUT2D eigenvalue weighted by Crippen LogP contribution is 2.16. The Morgan fingerprint density at radius 2 is 2.25 bits per heavy atom. The zero-order chi connectivity index (χ0) is 8.81. The van der Waals surface area contributed by atoms with E-state index in [-0.39, 0.29) is 0 Å². The summed E-state index contributed by atoms with van der Waals surface area (Å²) in [4.78, 5) is 4.28. The molecule has 68 valence electrons. The number of unbranched alkanes of at least 4 members (excludes halogenated alkanes) is 2. The average Bonchev–Trinajstić information content (AvgIpc) is 2.45. The molecule has 0 amide bonds. The Hall–Kier alpha value is 0.0700. The molecule has 0 radical (unpaired) electrons. The summed E-state index contributed by atoms with van der Waals surface area (Å²) in [6.45, 7) is 0.307. The lowest BCUT2D eigenvalue weighted by molar-refractivity contribution is 0.283. The third kappa shape index (κ3) is 3.65. The van der Waals surface area contributed by atoms with Crippen LogP contribution in [-0.2, 0) is 6.42 Å². The van der Waals surface area contributed by atoms with Crippen LogP contribution in [0.5, 0.6) is 0 Å². The maximum atomic E-state index is 8.55. The Labute approximate surface area is 84.8 Å². The van der Waals surface area contributed by atoms with Gasteiger partial charge in [0.1, 0.15) is 4.60 Å². The first-order valence-corrected chi connectivity index (χ1v) is 5.71. The zero-order valence-corrected chi connectivity index (χ0v) is 9.20. The summed E-state index contributed by atoms with van der Waals surface area (Å²) in [5.41, 5.74) is 0. The lowest BCUT2D eigenvalue weighted by Crippen LogP contribution is -1.87. The molecule has 0 fully saturated rings. The van der Waals surface area contributed by atoms with E-state index in [9.17, 15) is 0 Å². The highest BCUT2D eigenvalue weighted by atomic mass is 79.9. The zero-order valence-electron chi connectivity index (χ0n) is 6.79. The van der Waals surface area contributed by atoms with Crippen LogP contribution in [0.15, 0.2) is 9.98 Å². The van der Waals surface area contributed by atoms with Crippen molar-refractivity contribution in [2.24, 2.45) is 0 Å². The predicted molar refractivity (Wildman–Crippen MR) is 54.5 cm³/mol. The fraction of sp³-hybridized carbons (Fsp3) is 0.625. The van der Waals surface area contributed by atoms with Gasteiger partial charge in [0.25, 0.3) is 0 Å². The van der Waals surface area contributed by atoms with Crippen molar-refractivity contribution in [1.82, 2.24) is 4.98 Å².